The smallest absolute Gasteiger partial charge is 0.409 e. The van der Waals surface area contributed by atoms with Crippen LogP contribution in [0, 0.1) is 6.92 Å². The lowest BCUT2D eigenvalue weighted by atomic mass is 10.3. The molecule has 0 aromatic carbocycles. The monoisotopic (exact) mass is 467 g/mol. The van der Waals surface area contributed by atoms with E-state index in [1.807, 2.05) is 20.0 Å². The minimum atomic E-state index is -0.228. The highest BCUT2D eigenvalue weighted by Gasteiger charge is 2.23. The van der Waals surface area contributed by atoms with Crippen molar-refractivity contribution in [1.82, 2.24) is 20.1 Å². The summed E-state index contributed by atoms with van der Waals surface area (Å²) in [6, 6.07) is 0. The average molecular weight is 467 g/mol. The molecule has 1 fully saturated rings. The molecular formula is C15H26IN5O2S. The molecule has 0 saturated carbocycles. The van der Waals surface area contributed by atoms with Crippen LogP contribution in [0.4, 0.5) is 4.79 Å². The summed E-state index contributed by atoms with van der Waals surface area (Å²) in [7, 11) is 0. The number of guanidine groups is 1. The van der Waals surface area contributed by atoms with Gasteiger partial charge in [0.2, 0.25) is 0 Å². The Kier molecular flexibility index (Phi) is 9.34. The van der Waals surface area contributed by atoms with Gasteiger partial charge < -0.3 is 19.9 Å². The van der Waals surface area contributed by atoms with Crippen LogP contribution in [-0.2, 0) is 11.3 Å². The molecule has 1 amide bonds. The molecule has 2 heterocycles. The van der Waals surface area contributed by atoms with E-state index in [-0.39, 0.29) is 30.1 Å². The maximum absolute atomic E-state index is 11.7. The summed E-state index contributed by atoms with van der Waals surface area (Å²) in [6.07, 6.45) is 1.65. The Bertz CT molecular complexity index is 544. The topological polar surface area (TPSA) is 70.1 Å². The standard InChI is InChI=1S/C15H25N5O2S.HI/c1-4-16-14(18-11-13-10-17-12(3)23-13)19-6-8-20(9-7-19)15(21)22-5-2;/h10H,4-9,11H2,1-3H3,(H,16,18);1H. The van der Waals surface area contributed by atoms with Crippen LogP contribution in [0.2, 0.25) is 0 Å². The SMILES string of the molecule is CCNC(=NCc1cnc(C)s1)N1CCN(C(=O)OCC)CC1.I. The molecule has 24 heavy (non-hydrogen) atoms. The van der Waals surface area contributed by atoms with Gasteiger partial charge in [-0.15, -0.1) is 35.3 Å². The molecular weight excluding hydrogens is 441 g/mol. The molecule has 0 bridgehead atoms. The molecule has 0 aliphatic carbocycles. The van der Waals surface area contributed by atoms with Gasteiger partial charge in [0.25, 0.3) is 0 Å². The number of carbonyl (C=O) groups excluding carboxylic acids is 1. The third-order valence-corrected chi connectivity index (χ3v) is 4.39. The fourth-order valence-corrected chi connectivity index (χ4v) is 3.09. The summed E-state index contributed by atoms with van der Waals surface area (Å²) >= 11 is 1.67. The normalized spacial score (nSPS) is 15.0. The van der Waals surface area contributed by atoms with Crippen LogP contribution >= 0.6 is 35.3 Å². The van der Waals surface area contributed by atoms with Crippen LogP contribution in [0.3, 0.4) is 0 Å². The number of hydrogen-bond donors (Lipinski definition) is 1. The molecule has 0 radical (unpaired) electrons. The van der Waals surface area contributed by atoms with E-state index in [0.29, 0.717) is 26.2 Å². The van der Waals surface area contributed by atoms with E-state index in [4.69, 9.17) is 9.73 Å². The third-order valence-electron chi connectivity index (χ3n) is 3.49. The lowest BCUT2D eigenvalue weighted by Gasteiger charge is -2.35. The van der Waals surface area contributed by atoms with Gasteiger partial charge in [-0.3, -0.25) is 0 Å². The number of carbonyl (C=O) groups is 1. The summed E-state index contributed by atoms with van der Waals surface area (Å²) < 4.78 is 5.05. The molecule has 1 saturated heterocycles. The number of aliphatic imine (C=N–C) groups is 1. The first-order valence-corrected chi connectivity index (χ1v) is 8.82. The van der Waals surface area contributed by atoms with Crippen LogP contribution in [-0.4, -0.2) is 66.2 Å². The van der Waals surface area contributed by atoms with Crippen molar-refractivity contribution in [2.75, 3.05) is 39.3 Å². The molecule has 2 rings (SSSR count). The molecule has 1 N–H and O–H groups in total. The Morgan fingerprint density at radius 1 is 1.33 bits per heavy atom. The number of hydrogen-bond acceptors (Lipinski definition) is 5. The number of nitrogens with zero attached hydrogens (tertiary/aromatic N) is 4. The molecule has 0 atom stereocenters. The maximum atomic E-state index is 11.7. The van der Waals surface area contributed by atoms with Gasteiger partial charge in [0.05, 0.1) is 18.2 Å². The largest absolute Gasteiger partial charge is 0.450 e. The summed E-state index contributed by atoms with van der Waals surface area (Å²) in [5.41, 5.74) is 0. The molecule has 1 aliphatic heterocycles. The molecule has 9 heteroatoms. The first-order valence-electron chi connectivity index (χ1n) is 8.00. The van der Waals surface area contributed by atoms with Gasteiger partial charge in [-0.05, 0) is 20.8 Å². The van der Waals surface area contributed by atoms with E-state index < -0.39 is 0 Å². The fraction of sp³-hybridized carbons (Fsp3) is 0.667. The lowest BCUT2D eigenvalue weighted by Crippen LogP contribution is -2.53. The highest BCUT2D eigenvalue weighted by Crippen LogP contribution is 2.13. The van der Waals surface area contributed by atoms with Gasteiger partial charge in [0.15, 0.2) is 5.96 Å². The predicted molar refractivity (Wildman–Crippen MR) is 107 cm³/mol. The van der Waals surface area contributed by atoms with E-state index in [9.17, 15) is 4.79 Å². The van der Waals surface area contributed by atoms with Crippen LogP contribution in [0.5, 0.6) is 0 Å². The number of thiazole rings is 1. The average Bonchev–Trinajstić information content (AvgIpc) is 2.97. The van der Waals surface area contributed by atoms with Crippen LogP contribution in [0.1, 0.15) is 23.7 Å². The van der Waals surface area contributed by atoms with Crippen molar-refractivity contribution in [3.63, 3.8) is 0 Å². The number of rotatable bonds is 4. The molecule has 0 spiro atoms. The maximum Gasteiger partial charge on any atom is 0.409 e. The Labute approximate surface area is 164 Å². The Hall–Kier alpha value is -1.10. The van der Waals surface area contributed by atoms with E-state index in [2.05, 4.69) is 22.1 Å². The predicted octanol–water partition coefficient (Wildman–Crippen LogP) is 2.31. The lowest BCUT2D eigenvalue weighted by molar-refractivity contribution is 0.0914. The summed E-state index contributed by atoms with van der Waals surface area (Å²) in [5.74, 6) is 0.891. The Morgan fingerprint density at radius 2 is 2.00 bits per heavy atom. The zero-order valence-electron chi connectivity index (χ0n) is 14.4. The van der Waals surface area contributed by atoms with Crippen LogP contribution in [0.15, 0.2) is 11.2 Å². The quantitative estimate of drug-likeness (QED) is 0.418. The highest BCUT2D eigenvalue weighted by atomic mass is 127. The fourth-order valence-electron chi connectivity index (χ4n) is 2.37. The van der Waals surface area contributed by atoms with E-state index in [1.54, 1.807) is 16.2 Å². The number of aryl methyl sites for hydroxylation is 1. The van der Waals surface area contributed by atoms with Gasteiger partial charge in [0.1, 0.15) is 0 Å². The second kappa shape index (κ2) is 10.7. The second-order valence-corrected chi connectivity index (χ2v) is 6.51. The molecule has 0 unspecified atom stereocenters. The minimum Gasteiger partial charge on any atom is -0.450 e. The summed E-state index contributed by atoms with van der Waals surface area (Å²) in [6.45, 7) is 10.6. The number of halogens is 1. The first-order chi connectivity index (χ1) is 11.1. The van der Waals surface area contributed by atoms with Gasteiger partial charge in [-0.2, -0.15) is 0 Å². The number of amides is 1. The van der Waals surface area contributed by atoms with Gasteiger partial charge in [-0.1, -0.05) is 0 Å². The van der Waals surface area contributed by atoms with Crippen molar-refractivity contribution in [2.24, 2.45) is 4.99 Å². The van der Waals surface area contributed by atoms with Crippen LogP contribution in [0.25, 0.3) is 0 Å². The minimum absolute atomic E-state index is 0. The van der Waals surface area contributed by atoms with Crippen molar-refractivity contribution >= 4 is 47.4 Å². The zero-order valence-corrected chi connectivity index (χ0v) is 17.6. The second-order valence-electron chi connectivity index (χ2n) is 5.19. The number of aromatic nitrogens is 1. The molecule has 136 valence electrons. The van der Waals surface area contributed by atoms with Gasteiger partial charge in [0, 0.05) is 43.8 Å². The summed E-state index contributed by atoms with van der Waals surface area (Å²) in [4.78, 5) is 25.8. The zero-order chi connectivity index (χ0) is 16.7. The number of ether oxygens (including phenoxy) is 1. The molecule has 1 aromatic heterocycles. The van der Waals surface area contributed by atoms with Crippen molar-refractivity contribution < 1.29 is 9.53 Å². The van der Waals surface area contributed by atoms with Crippen molar-refractivity contribution in [1.29, 1.82) is 0 Å². The molecule has 7 nitrogen and oxygen atoms in total. The van der Waals surface area contributed by atoms with E-state index in [1.165, 1.54) is 0 Å². The van der Waals surface area contributed by atoms with Gasteiger partial charge in [-0.25, -0.2) is 14.8 Å². The van der Waals surface area contributed by atoms with Gasteiger partial charge >= 0.3 is 6.09 Å². The highest BCUT2D eigenvalue weighted by molar-refractivity contribution is 14.0. The van der Waals surface area contributed by atoms with Crippen LogP contribution < -0.4 is 5.32 Å². The first kappa shape index (κ1) is 20.9. The Balaban J connectivity index is 0.00000288. The number of nitrogens with one attached hydrogen (secondary N) is 1. The Morgan fingerprint density at radius 3 is 2.54 bits per heavy atom. The molecule has 1 aliphatic rings. The van der Waals surface area contributed by atoms with Crippen molar-refractivity contribution in [3.05, 3.63) is 16.1 Å². The van der Waals surface area contributed by atoms with E-state index in [0.717, 1.165) is 35.5 Å². The number of piperazine rings is 1. The van der Waals surface area contributed by atoms with Crippen molar-refractivity contribution in [3.8, 4) is 0 Å². The third kappa shape index (κ3) is 6.08. The van der Waals surface area contributed by atoms with Crippen molar-refractivity contribution in [2.45, 2.75) is 27.3 Å². The van der Waals surface area contributed by atoms with E-state index >= 15 is 0 Å². The molecule has 1 aromatic rings. The summed E-state index contributed by atoms with van der Waals surface area (Å²) in [5, 5.41) is 4.38.